The van der Waals surface area contributed by atoms with Gasteiger partial charge < -0.3 is 9.13 Å². The Morgan fingerprint density at radius 1 is 0.636 bits per heavy atom. The zero-order valence-corrected chi connectivity index (χ0v) is 25.6. The standard InChI is InChI=1S/C29H50N2Si2/c1-27(2,3)30-25(19-21-15-13-17-23(21)32(30,9)10)29(7,8)26-20-22-16-14-18-24(22)33(11,12)31(26)28(4,5)6/h13-18,23-26H,19-20H2,1-12H3. The van der Waals surface area contributed by atoms with Gasteiger partial charge in [-0.05, 0) is 59.8 Å². The van der Waals surface area contributed by atoms with E-state index in [0.717, 1.165) is 0 Å². The van der Waals surface area contributed by atoms with Crippen molar-refractivity contribution < 1.29 is 0 Å². The largest absolute Gasteiger partial charge is 0.315 e. The van der Waals surface area contributed by atoms with Gasteiger partial charge in [-0.3, -0.25) is 0 Å². The van der Waals surface area contributed by atoms with Gasteiger partial charge in [-0.1, -0.05) is 87.6 Å². The van der Waals surface area contributed by atoms with Crippen LogP contribution in [-0.4, -0.2) is 48.8 Å². The molecule has 2 heterocycles. The molecule has 184 valence electrons. The highest BCUT2D eigenvalue weighted by atomic mass is 28.3. The SMILES string of the molecule is CC(C)(C1CC2=CC=CC2[Si](C)(C)N1C(C)(C)C)C1CC2=CC=CC2[Si](C)(C)N1C(C)(C)C. The molecule has 0 radical (unpaired) electrons. The molecule has 2 aliphatic carbocycles. The molecule has 0 saturated carbocycles. The topological polar surface area (TPSA) is 6.48 Å². The van der Waals surface area contributed by atoms with Crippen LogP contribution in [0.3, 0.4) is 0 Å². The molecule has 33 heavy (non-hydrogen) atoms. The molecule has 2 fully saturated rings. The van der Waals surface area contributed by atoms with Crippen molar-refractivity contribution in [1.82, 2.24) is 9.13 Å². The average molecular weight is 483 g/mol. The first-order valence-electron chi connectivity index (χ1n) is 13.2. The zero-order valence-electron chi connectivity index (χ0n) is 23.6. The van der Waals surface area contributed by atoms with Gasteiger partial charge in [-0.2, -0.15) is 0 Å². The molecule has 0 aromatic rings. The van der Waals surface area contributed by atoms with Crippen molar-refractivity contribution in [2.45, 2.75) is 129 Å². The second-order valence-electron chi connectivity index (χ2n) is 14.9. The van der Waals surface area contributed by atoms with Gasteiger partial charge in [-0.15, -0.1) is 0 Å². The third-order valence-electron chi connectivity index (χ3n) is 9.44. The number of hydrogen-bond acceptors (Lipinski definition) is 2. The third kappa shape index (κ3) is 3.88. The molecular weight excluding hydrogens is 433 g/mol. The minimum Gasteiger partial charge on any atom is -0.315 e. The molecule has 4 atom stereocenters. The predicted octanol–water partition coefficient (Wildman–Crippen LogP) is 7.90. The van der Waals surface area contributed by atoms with Crippen molar-refractivity contribution in [3.63, 3.8) is 0 Å². The van der Waals surface area contributed by atoms with Gasteiger partial charge in [0.25, 0.3) is 0 Å². The van der Waals surface area contributed by atoms with Crippen molar-refractivity contribution in [2.24, 2.45) is 5.41 Å². The van der Waals surface area contributed by atoms with Crippen LogP contribution in [0.25, 0.3) is 0 Å². The van der Waals surface area contributed by atoms with Gasteiger partial charge in [0, 0.05) is 34.2 Å². The fourth-order valence-corrected chi connectivity index (χ4v) is 18.5. The summed E-state index contributed by atoms with van der Waals surface area (Å²) in [6.45, 7) is 30.6. The first kappa shape index (κ1) is 25.4. The first-order valence-corrected chi connectivity index (χ1v) is 19.3. The van der Waals surface area contributed by atoms with E-state index in [4.69, 9.17) is 0 Å². The van der Waals surface area contributed by atoms with Crippen molar-refractivity contribution in [3.8, 4) is 0 Å². The monoisotopic (exact) mass is 482 g/mol. The zero-order chi connectivity index (χ0) is 24.8. The molecule has 2 nitrogen and oxygen atoms in total. The van der Waals surface area contributed by atoms with Gasteiger partial charge >= 0.3 is 0 Å². The Morgan fingerprint density at radius 3 is 1.27 bits per heavy atom. The lowest BCUT2D eigenvalue weighted by molar-refractivity contribution is -0.00348. The summed E-state index contributed by atoms with van der Waals surface area (Å²) in [7, 11) is -3.42. The molecule has 4 rings (SSSR count). The molecule has 4 unspecified atom stereocenters. The quantitative estimate of drug-likeness (QED) is 0.369. The summed E-state index contributed by atoms with van der Waals surface area (Å²) < 4.78 is 6.11. The molecule has 4 heteroatoms. The summed E-state index contributed by atoms with van der Waals surface area (Å²) in [4.78, 5) is 0. The fourth-order valence-electron chi connectivity index (χ4n) is 8.61. The van der Waals surface area contributed by atoms with Crippen LogP contribution in [-0.2, 0) is 0 Å². The molecule has 0 aromatic carbocycles. The Hall–Kier alpha value is -0.686. The first-order chi connectivity index (χ1) is 14.9. The highest BCUT2D eigenvalue weighted by Gasteiger charge is 2.60. The summed E-state index contributed by atoms with van der Waals surface area (Å²) in [5.74, 6) is 0. The van der Waals surface area contributed by atoms with Crippen LogP contribution < -0.4 is 0 Å². The Kier molecular flexibility index (Phi) is 5.89. The Bertz CT molecular complexity index is 846. The third-order valence-corrected chi connectivity index (χ3v) is 18.1. The Morgan fingerprint density at radius 2 is 0.970 bits per heavy atom. The van der Waals surface area contributed by atoms with E-state index in [9.17, 15) is 0 Å². The molecule has 2 aliphatic heterocycles. The van der Waals surface area contributed by atoms with Gasteiger partial charge in [-0.25, -0.2) is 0 Å². The molecule has 0 aromatic heterocycles. The Labute approximate surface area is 207 Å². The van der Waals surface area contributed by atoms with Crippen LogP contribution in [0.2, 0.25) is 37.3 Å². The summed E-state index contributed by atoms with van der Waals surface area (Å²) in [5.41, 5.74) is 5.28. The Balaban J connectivity index is 1.84. The lowest BCUT2D eigenvalue weighted by Gasteiger charge is -2.66. The van der Waals surface area contributed by atoms with Crippen molar-refractivity contribution >= 4 is 16.5 Å². The second kappa shape index (κ2) is 7.65. The predicted molar refractivity (Wildman–Crippen MR) is 151 cm³/mol. The summed E-state index contributed by atoms with van der Waals surface area (Å²) in [5, 5.41) is 0. The molecule has 4 aliphatic rings. The summed E-state index contributed by atoms with van der Waals surface area (Å²) in [6.07, 6.45) is 17.1. The van der Waals surface area contributed by atoms with Crippen LogP contribution >= 0.6 is 0 Å². The van der Waals surface area contributed by atoms with Crippen LogP contribution in [0.4, 0.5) is 0 Å². The van der Waals surface area contributed by atoms with Crippen LogP contribution in [0, 0.1) is 5.41 Å². The fraction of sp³-hybridized carbons (Fsp3) is 0.724. The smallest absolute Gasteiger partial charge is 0.133 e. The van der Waals surface area contributed by atoms with Crippen LogP contribution in [0.1, 0.15) is 68.2 Å². The normalized spacial score (nSPS) is 34.2. The van der Waals surface area contributed by atoms with Gasteiger partial charge in [0.1, 0.15) is 16.5 Å². The van der Waals surface area contributed by atoms with E-state index < -0.39 is 16.5 Å². The molecule has 0 spiro atoms. The maximum Gasteiger partial charge on any atom is 0.133 e. The van der Waals surface area contributed by atoms with Crippen LogP contribution in [0.5, 0.6) is 0 Å². The highest BCUT2D eigenvalue weighted by molar-refractivity contribution is 6.78. The molecule has 0 N–H and O–H groups in total. The minimum atomic E-state index is -1.71. The van der Waals surface area contributed by atoms with E-state index in [1.165, 1.54) is 12.8 Å². The minimum absolute atomic E-state index is 0.171. The number of nitrogens with zero attached hydrogens (tertiary/aromatic N) is 2. The van der Waals surface area contributed by atoms with Gasteiger partial charge in [0.2, 0.25) is 0 Å². The van der Waals surface area contributed by atoms with Gasteiger partial charge in [0.15, 0.2) is 0 Å². The van der Waals surface area contributed by atoms with Crippen molar-refractivity contribution in [1.29, 1.82) is 0 Å². The van der Waals surface area contributed by atoms with E-state index in [2.05, 4.69) is 127 Å². The van der Waals surface area contributed by atoms with E-state index in [0.29, 0.717) is 23.2 Å². The summed E-state index contributed by atoms with van der Waals surface area (Å²) in [6, 6.07) is 1.13. The number of rotatable bonds is 2. The number of fused-ring (bicyclic) bond motifs is 2. The average Bonchev–Trinajstić information content (AvgIpc) is 3.27. The summed E-state index contributed by atoms with van der Waals surface area (Å²) >= 11 is 0. The van der Waals surface area contributed by atoms with E-state index in [1.54, 1.807) is 11.1 Å². The van der Waals surface area contributed by atoms with Crippen LogP contribution in [0.15, 0.2) is 47.6 Å². The maximum absolute atomic E-state index is 3.06. The molecule has 0 bridgehead atoms. The lowest BCUT2D eigenvalue weighted by Crippen LogP contribution is -2.75. The lowest BCUT2D eigenvalue weighted by atomic mass is 9.70. The molecule has 0 amide bonds. The van der Waals surface area contributed by atoms with Crippen molar-refractivity contribution in [2.75, 3.05) is 0 Å². The van der Waals surface area contributed by atoms with Gasteiger partial charge in [0.05, 0.1) is 0 Å². The molecular formula is C29H50N2Si2. The molecule has 2 saturated heterocycles. The number of hydrogen-bond donors (Lipinski definition) is 0. The van der Waals surface area contributed by atoms with E-state index in [1.807, 2.05) is 0 Å². The van der Waals surface area contributed by atoms with Crippen molar-refractivity contribution in [3.05, 3.63) is 47.6 Å². The highest BCUT2D eigenvalue weighted by Crippen LogP contribution is 2.57. The van der Waals surface area contributed by atoms with E-state index in [-0.39, 0.29) is 16.5 Å². The van der Waals surface area contributed by atoms with E-state index >= 15 is 0 Å². The second-order valence-corrected chi connectivity index (χ2v) is 23.7. The number of allylic oxidation sites excluding steroid dienone is 6. The maximum atomic E-state index is 3.06.